The smallest absolute Gasteiger partial charge is 0.145 e. The van der Waals surface area contributed by atoms with Crippen molar-refractivity contribution >= 4 is 5.82 Å². The molecular weight excluding hydrogens is 180 g/mol. The molecule has 0 bridgehead atoms. The van der Waals surface area contributed by atoms with E-state index in [4.69, 9.17) is 5.73 Å². The van der Waals surface area contributed by atoms with Crippen molar-refractivity contribution < 1.29 is 0 Å². The van der Waals surface area contributed by atoms with E-state index in [-0.39, 0.29) is 0 Å². The van der Waals surface area contributed by atoms with Crippen LogP contribution in [0.25, 0.3) is 0 Å². The first-order valence-electron chi connectivity index (χ1n) is 4.46. The Morgan fingerprint density at radius 3 is 2.79 bits per heavy atom. The zero-order chi connectivity index (χ0) is 9.80. The van der Waals surface area contributed by atoms with Gasteiger partial charge in [-0.15, -0.1) is 0 Å². The first kappa shape index (κ1) is 8.74. The molecular formula is C8H12N6. The van der Waals surface area contributed by atoms with Gasteiger partial charge in [0.25, 0.3) is 0 Å². The van der Waals surface area contributed by atoms with Crippen LogP contribution in [0.1, 0.15) is 6.42 Å². The zero-order valence-electron chi connectivity index (χ0n) is 7.74. The normalized spacial score (nSPS) is 10.6. The van der Waals surface area contributed by atoms with E-state index in [1.807, 2.05) is 10.9 Å². The lowest BCUT2D eigenvalue weighted by Gasteiger charge is -2.00. The number of hydrogen-bond donors (Lipinski definition) is 1. The van der Waals surface area contributed by atoms with Crippen LogP contribution in [0.3, 0.4) is 0 Å². The second-order valence-electron chi connectivity index (χ2n) is 3.02. The fourth-order valence-electron chi connectivity index (χ4n) is 1.24. The van der Waals surface area contributed by atoms with E-state index in [9.17, 15) is 0 Å². The van der Waals surface area contributed by atoms with Crippen LogP contribution in [-0.2, 0) is 13.1 Å². The highest BCUT2D eigenvalue weighted by atomic mass is 15.3. The summed E-state index contributed by atoms with van der Waals surface area (Å²) in [6.07, 6.45) is 6.07. The molecule has 0 saturated carbocycles. The predicted molar refractivity (Wildman–Crippen MR) is 51.3 cm³/mol. The molecule has 2 aromatic heterocycles. The van der Waals surface area contributed by atoms with E-state index < -0.39 is 0 Å². The summed E-state index contributed by atoms with van der Waals surface area (Å²) in [6.45, 7) is 1.69. The van der Waals surface area contributed by atoms with E-state index in [1.54, 1.807) is 17.1 Å². The van der Waals surface area contributed by atoms with Crippen LogP contribution in [0.4, 0.5) is 5.82 Å². The molecule has 0 aromatic carbocycles. The molecule has 2 rings (SSSR count). The van der Waals surface area contributed by atoms with Gasteiger partial charge in [-0.3, -0.25) is 9.36 Å². The number of nitrogens with two attached hydrogens (primary N) is 1. The largest absolute Gasteiger partial charge is 0.382 e. The Labute approximate surface area is 81.4 Å². The standard InChI is InChI=1S/C8H12N6/c9-8-2-5-13(12-8)3-1-4-14-7-10-6-11-14/h2,5-7H,1,3-4H2,(H2,9,12). The van der Waals surface area contributed by atoms with Crippen molar-refractivity contribution in [3.63, 3.8) is 0 Å². The number of anilines is 1. The topological polar surface area (TPSA) is 74.5 Å². The summed E-state index contributed by atoms with van der Waals surface area (Å²) in [5, 5.41) is 8.08. The Balaban J connectivity index is 1.78. The lowest BCUT2D eigenvalue weighted by atomic mass is 10.4. The van der Waals surface area contributed by atoms with Crippen molar-refractivity contribution in [2.45, 2.75) is 19.5 Å². The maximum Gasteiger partial charge on any atom is 0.145 e. The molecule has 6 heteroatoms. The van der Waals surface area contributed by atoms with Gasteiger partial charge in [0, 0.05) is 19.3 Å². The van der Waals surface area contributed by atoms with Crippen molar-refractivity contribution in [2.75, 3.05) is 5.73 Å². The van der Waals surface area contributed by atoms with Gasteiger partial charge >= 0.3 is 0 Å². The Morgan fingerprint density at radius 2 is 2.14 bits per heavy atom. The molecule has 0 fully saturated rings. The Hall–Kier alpha value is -1.85. The highest BCUT2D eigenvalue weighted by Gasteiger charge is 1.95. The van der Waals surface area contributed by atoms with E-state index in [0.29, 0.717) is 5.82 Å². The molecule has 0 aliphatic heterocycles. The number of aromatic nitrogens is 5. The maximum absolute atomic E-state index is 5.49. The summed E-state index contributed by atoms with van der Waals surface area (Å²) in [6, 6.07) is 1.79. The van der Waals surface area contributed by atoms with Crippen molar-refractivity contribution in [3.05, 3.63) is 24.9 Å². The molecule has 2 heterocycles. The van der Waals surface area contributed by atoms with Crippen molar-refractivity contribution in [1.29, 1.82) is 0 Å². The average molecular weight is 192 g/mol. The van der Waals surface area contributed by atoms with Gasteiger partial charge in [-0.1, -0.05) is 0 Å². The predicted octanol–water partition coefficient (Wildman–Crippen LogP) is 0.147. The third-order valence-corrected chi connectivity index (χ3v) is 1.90. The van der Waals surface area contributed by atoms with Crippen LogP contribution in [0.5, 0.6) is 0 Å². The third-order valence-electron chi connectivity index (χ3n) is 1.90. The minimum atomic E-state index is 0.561. The molecule has 14 heavy (non-hydrogen) atoms. The first-order chi connectivity index (χ1) is 6.84. The van der Waals surface area contributed by atoms with E-state index in [2.05, 4.69) is 15.2 Å². The highest BCUT2D eigenvalue weighted by Crippen LogP contribution is 1.97. The minimum Gasteiger partial charge on any atom is -0.382 e. The van der Waals surface area contributed by atoms with Gasteiger partial charge in [-0.25, -0.2) is 4.98 Å². The summed E-state index contributed by atoms with van der Waals surface area (Å²) >= 11 is 0. The molecule has 0 amide bonds. The second kappa shape index (κ2) is 3.91. The molecule has 0 atom stereocenters. The average Bonchev–Trinajstić information content (AvgIpc) is 2.77. The number of nitrogens with zero attached hydrogens (tertiary/aromatic N) is 5. The summed E-state index contributed by atoms with van der Waals surface area (Å²) in [7, 11) is 0. The summed E-state index contributed by atoms with van der Waals surface area (Å²) in [5.41, 5.74) is 5.49. The molecule has 0 saturated heterocycles. The molecule has 0 radical (unpaired) electrons. The van der Waals surface area contributed by atoms with Crippen LogP contribution >= 0.6 is 0 Å². The van der Waals surface area contributed by atoms with Gasteiger partial charge in [0.05, 0.1) is 0 Å². The summed E-state index contributed by atoms with van der Waals surface area (Å²) in [5.74, 6) is 0.561. The fourth-order valence-corrected chi connectivity index (χ4v) is 1.24. The van der Waals surface area contributed by atoms with Crippen LogP contribution in [0.15, 0.2) is 24.9 Å². The van der Waals surface area contributed by atoms with Gasteiger partial charge in [0.1, 0.15) is 18.5 Å². The van der Waals surface area contributed by atoms with Crippen molar-refractivity contribution in [3.8, 4) is 0 Å². The van der Waals surface area contributed by atoms with Crippen molar-refractivity contribution in [2.24, 2.45) is 0 Å². The Kier molecular flexibility index (Phi) is 2.44. The van der Waals surface area contributed by atoms with Gasteiger partial charge in [-0.05, 0) is 12.5 Å². The molecule has 0 aliphatic carbocycles. The number of hydrogen-bond acceptors (Lipinski definition) is 4. The van der Waals surface area contributed by atoms with Crippen LogP contribution in [-0.4, -0.2) is 24.5 Å². The molecule has 2 aromatic rings. The number of aryl methyl sites for hydroxylation is 2. The third kappa shape index (κ3) is 2.09. The number of nitrogen functional groups attached to an aromatic ring is 1. The highest BCUT2D eigenvalue weighted by molar-refractivity contribution is 5.23. The molecule has 0 aliphatic rings. The molecule has 2 N–H and O–H groups in total. The lowest BCUT2D eigenvalue weighted by molar-refractivity contribution is 0.501. The fraction of sp³-hybridized carbons (Fsp3) is 0.375. The quantitative estimate of drug-likeness (QED) is 0.748. The first-order valence-corrected chi connectivity index (χ1v) is 4.46. The van der Waals surface area contributed by atoms with Gasteiger partial charge < -0.3 is 5.73 Å². The van der Waals surface area contributed by atoms with E-state index in [0.717, 1.165) is 19.5 Å². The van der Waals surface area contributed by atoms with Crippen LogP contribution < -0.4 is 5.73 Å². The van der Waals surface area contributed by atoms with Crippen LogP contribution in [0, 0.1) is 0 Å². The lowest BCUT2D eigenvalue weighted by Crippen LogP contribution is -2.05. The summed E-state index contributed by atoms with van der Waals surface area (Å²) in [4.78, 5) is 3.86. The molecule has 0 unspecified atom stereocenters. The number of rotatable bonds is 4. The van der Waals surface area contributed by atoms with E-state index >= 15 is 0 Å². The molecule has 6 nitrogen and oxygen atoms in total. The monoisotopic (exact) mass is 192 g/mol. The van der Waals surface area contributed by atoms with Crippen LogP contribution in [0.2, 0.25) is 0 Å². The van der Waals surface area contributed by atoms with Crippen molar-refractivity contribution in [1.82, 2.24) is 24.5 Å². The second-order valence-corrected chi connectivity index (χ2v) is 3.02. The Morgan fingerprint density at radius 1 is 1.29 bits per heavy atom. The van der Waals surface area contributed by atoms with Gasteiger partial charge in [-0.2, -0.15) is 10.2 Å². The Bertz CT molecular complexity index is 376. The molecule has 74 valence electrons. The maximum atomic E-state index is 5.49. The SMILES string of the molecule is Nc1ccn(CCCn2cncn2)n1. The van der Waals surface area contributed by atoms with Gasteiger partial charge in [0.2, 0.25) is 0 Å². The van der Waals surface area contributed by atoms with E-state index in [1.165, 1.54) is 6.33 Å². The minimum absolute atomic E-state index is 0.561. The zero-order valence-corrected chi connectivity index (χ0v) is 7.74. The molecule has 0 spiro atoms. The summed E-state index contributed by atoms with van der Waals surface area (Å²) < 4.78 is 3.62. The van der Waals surface area contributed by atoms with Gasteiger partial charge in [0.15, 0.2) is 0 Å².